The van der Waals surface area contributed by atoms with Crippen LogP contribution in [0.25, 0.3) is 10.8 Å². The molecule has 0 spiro atoms. The highest BCUT2D eigenvalue weighted by Gasteiger charge is 2.32. The first-order valence-corrected chi connectivity index (χ1v) is 20.7. The molecule has 3 aliphatic heterocycles. The maximum Gasteiger partial charge on any atom is 0.339 e. The summed E-state index contributed by atoms with van der Waals surface area (Å²) in [5.74, 6) is 0.131. The second-order valence-corrected chi connectivity index (χ2v) is 16.8. The predicted octanol–water partition coefficient (Wildman–Crippen LogP) is 5.96. The summed E-state index contributed by atoms with van der Waals surface area (Å²) in [6, 6.07) is 23.0. The van der Waals surface area contributed by atoms with Gasteiger partial charge in [-0.15, -0.1) is 0 Å². The highest BCUT2D eigenvalue weighted by Crippen LogP contribution is 2.39. The summed E-state index contributed by atoms with van der Waals surface area (Å²) in [6.45, 7) is 5.36. The molecule has 0 aliphatic carbocycles. The number of halogens is 1. The largest absolute Gasteiger partial charge is 0.377 e. The number of hydrogen-bond acceptors (Lipinski definition) is 11. The zero-order valence-corrected chi connectivity index (χ0v) is 33.7. The maximum absolute atomic E-state index is 14.1. The van der Waals surface area contributed by atoms with Gasteiger partial charge in [0.1, 0.15) is 10.6 Å². The second-order valence-electron chi connectivity index (χ2n) is 14.2. The normalized spacial score (nSPS) is 17.2. The minimum atomic E-state index is -4.41. The highest BCUT2D eigenvalue weighted by atomic mass is 127. The number of amides is 2. The van der Waals surface area contributed by atoms with Crippen molar-refractivity contribution in [3.05, 3.63) is 99.8 Å². The Labute approximate surface area is 334 Å². The Morgan fingerprint density at radius 2 is 1.56 bits per heavy atom. The Hall–Kier alpha value is -4.84. The van der Waals surface area contributed by atoms with Gasteiger partial charge in [-0.2, -0.15) is 13.4 Å². The molecule has 15 heteroatoms. The highest BCUT2D eigenvalue weighted by molar-refractivity contribution is 14.1. The first kappa shape index (κ1) is 37.1. The molecule has 3 aliphatic rings. The molecule has 13 nitrogen and oxygen atoms in total. The third-order valence-corrected chi connectivity index (χ3v) is 13.0. The van der Waals surface area contributed by atoms with Gasteiger partial charge in [0.15, 0.2) is 11.6 Å². The van der Waals surface area contributed by atoms with Crippen molar-refractivity contribution < 1.29 is 22.2 Å². The van der Waals surface area contributed by atoms with Crippen molar-refractivity contribution in [3.8, 4) is 5.75 Å². The summed E-state index contributed by atoms with van der Waals surface area (Å²) in [5.41, 5.74) is 2.24. The smallest absolute Gasteiger partial charge is 0.339 e. The zero-order chi connectivity index (χ0) is 38.4. The zero-order valence-electron chi connectivity index (χ0n) is 30.8. The number of nitrogens with zero attached hydrogens (tertiary/aromatic N) is 7. The number of piperidine rings is 1. The van der Waals surface area contributed by atoms with Crippen LogP contribution in [0.15, 0.2) is 90.0 Å². The van der Waals surface area contributed by atoms with E-state index in [1.807, 2.05) is 47.2 Å². The second kappa shape index (κ2) is 15.0. The van der Waals surface area contributed by atoms with E-state index >= 15 is 0 Å². The number of likely N-dealkylation sites (tertiary alicyclic amines) is 1. The van der Waals surface area contributed by atoms with Crippen molar-refractivity contribution >= 4 is 84.1 Å². The molecule has 2 saturated heterocycles. The number of anilines is 5. The van der Waals surface area contributed by atoms with Gasteiger partial charge in [-0.25, -0.2) is 4.98 Å². The molecule has 0 saturated carbocycles. The van der Waals surface area contributed by atoms with Gasteiger partial charge in [0.25, 0.3) is 11.8 Å². The molecule has 284 valence electrons. The van der Waals surface area contributed by atoms with Crippen molar-refractivity contribution in [2.75, 3.05) is 75.5 Å². The standard InChI is InChI=1S/C40H41IN8O5S/c1-45-20-22-48(23-21-45)27-16-18-49(19-17-27)38(50)26-14-15-32(35(24-26)54-55(52,53)36-13-7-9-28-29(36)10-6-11-31(28)41)43-40-42-25-34-37(44-40)46(2)33-12-5-4-8-30(33)39(51)47(34)3/h4-15,24-25,27H,16-23H2,1-3H3,(H,42,43,44). The number of hydrogen-bond donors (Lipinski definition) is 1. The monoisotopic (exact) mass is 872 g/mol. The topological polar surface area (TPSA) is 132 Å². The molecule has 0 radical (unpaired) electrons. The third kappa shape index (κ3) is 7.21. The van der Waals surface area contributed by atoms with E-state index in [1.54, 1.807) is 49.6 Å². The lowest BCUT2D eigenvalue weighted by Crippen LogP contribution is -2.52. The minimum absolute atomic E-state index is 0.00597. The first-order chi connectivity index (χ1) is 26.5. The number of piperazine rings is 1. The molecule has 0 atom stereocenters. The lowest BCUT2D eigenvalue weighted by molar-refractivity contribution is 0.0518. The van der Waals surface area contributed by atoms with Crippen LogP contribution in [-0.2, 0) is 10.1 Å². The average molecular weight is 873 g/mol. The molecule has 55 heavy (non-hydrogen) atoms. The molecule has 4 heterocycles. The van der Waals surface area contributed by atoms with Gasteiger partial charge in [0.2, 0.25) is 5.95 Å². The number of fused-ring (bicyclic) bond motifs is 3. The van der Waals surface area contributed by atoms with Gasteiger partial charge >= 0.3 is 10.1 Å². The fourth-order valence-corrected chi connectivity index (χ4v) is 9.47. The molecular formula is C40H41IN8O5S. The summed E-state index contributed by atoms with van der Waals surface area (Å²) < 4.78 is 35.2. The molecule has 0 bridgehead atoms. The van der Waals surface area contributed by atoms with E-state index in [2.05, 4.69) is 49.7 Å². The summed E-state index contributed by atoms with van der Waals surface area (Å²) in [6.07, 6.45) is 3.30. The number of benzene rings is 4. The molecule has 1 aromatic heterocycles. The molecule has 2 amide bonds. The quantitative estimate of drug-likeness (QED) is 0.154. The number of carbonyl (C=O) groups excluding carboxylic acids is 2. The minimum Gasteiger partial charge on any atom is -0.377 e. The van der Waals surface area contributed by atoms with Crippen molar-refractivity contribution in [1.29, 1.82) is 0 Å². The van der Waals surface area contributed by atoms with Crippen LogP contribution in [0.1, 0.15) is 33.6 Å². The van der Waals surface area contributed by atoms with Gasteiger partial charge in [-0.1, -0.05) is 36.4 Å². The average Bonchev–Trinajstić information content (AvgIpc) is 3.27. The molecule has 0 unspecified atom stereocenters. The molecular weight excluding hydrogens is 831 g/mol. The summed E-state index contributed by atoms with van der Waals surface area (Å²) >= 11 is 2.18. The van der Waals surface area contributed by atoms with Crippen LogP contribution in [-0.4, -0.2) is 111 Å². The first-order valence-electron chi connectivity index (χ1n) is 18.2. The Kier molecular flexibility index (Phi) is 10.1. The maximum atomic E-state index is 14.1. The van der Waals surface area contributed by atoms with E-state index in [9.17, 15) is 18.0 Å². The number of carbonyl (C=O) groups is 2. The Morgan fingerprint density at radius 1 is 0.836 bits per heavy atom. The van der Waals surface area contributed by atoms with Crippen LogP contribution in [0.3, 0.4) is 0 Å². The molecule has 4 aromatic carbocycles. The Bertz CT molecular complexity index is 2410. The van der Waals surface area contributed by atoms with E-state index < -0.39 is 10.1 Å². The van der Waals surface area contributed by atoms with Crippen LogP contribution < -0.4 is 19.3 Å². The Morgan fingerprint density at radius 3 is 2.35 bits per heavy atom. The molecule has 5 aromatic rings. The summed E-state index contributed by atoms with van der Waals surface area (Å²) in [4.78, 5) is 46.7. The van der Waals surface area contributed by atoms with Gasteiger partial charge in [0.05, 0.1) is 23.1 Å². The van der Waals surface area contributed by atoms with Crippen molar-refractivity contribution in [2.45, 2.75) is 23.8 Å². The molecule has 2 fully saturated rings. The number of likely N-dealkylation sites (N-methyl/N-ethyl adjacent to an activating group) is 1. The third-order valence-electron chi connectivity index (χ3n) is 10.8. The SMILES string of the molecule is CN1CCN(C2CCN(C(=O)c3ccc(Nc4ncc5c(n4)N(C)c4ccccc4C(=O)N5C)c(OS(=O)(=O)c4cccc5c(I)cccc45)c3)CC2)CC1. The van der Waals surface area contributed by atoms with Crippen molar-refractivity contribution in [1.82, 2.24) is 24.7 Å². The number of nitrogens with one attached hydrogen (secondary N) is 1. The fraction of sp³-hybridized carbons (Fsp3) is 0.300. The molecule has 8 rings (SSSR count). The Balaban J connectivity index is 1.12. The van der Waals surface area contributed by atoms with E-state index in [0.717, 1.165) is 48.0 Å². The van der Waals surface area contributed by atoms with Gasteiger partial charge in [-0.05, 0) is 90.3 Å². The van der Waals surface area contributed by atoms with Gasteiger partial charge < -0.3 is 29.1 Å². The number of para-hydroxylation sites is 1. The van der Waals surface area contributed by atoms with E-state index in [0.29, 0.717) is 52.8 Å². The fourth-order valence-electron chi connectivity index (χ4n) is 7.64. The van der Waals surface area contributed by atoms with Gasteiger partial charge in [-0.3, -0.25) is 14.5 Å². The summed E-state index contributed by atoms with van der Waals surface area (Å²) in [5, 5.41) is 4.45. The van der Waals surface area contributed by atoms with Crippen LogP contribution in [0.4, 0.5) is 28.8 Å². The van der Waals surface area contributed by atoms with Gasteiger partial charge in [0, 0.05) is 73.9 Å². The van der Waals surface area contributed by atoms with Crippen molar-refractivity contribution in [2.24, 2.45) is 0 Å². The van der Waals surface area contributed by atoms with Crippen LogP contribution in [0.2, 0.25) is 0 Å². The van der Waals surface area contributed by atoms with Crippen LogP contribution >= 0.6 is 22.6 Å². The number of aromatic nitrogens is 2. The van der Waals surface area contributed by atoms with E-state index in [4.69, 9.17) is 9.17 Å². The van der Waals surface area contributed by atoms with Crippen LogP contribution in [0.5, 0.6) is 5.75 Å². The lowest BCUT2D eigenvalue weighted by Gasteiger charge is -2.42. The number of rotatable bonds is 7. The van der Waals surface area contributed by atoms with Crippen molar-refractivity contribution in [3.63, 3.8) is 0 Å². The lowest BCUT2D eigenvalue weighted by atomic mass is 10.0. The van der Waals surface area contributed by atoms with Crippen LogP contribution in [0, 0.1) is 3.57 Å². The van der Waals surface area contributed by atoms with E-state index in [-0.39, 0.29) is 34.1 Å². The summed E-state index contributed by atoms with van der Waals surface area (Å²) in [7, 11) is 1.23. The predicted molar refractivity (Wildman–Crippen MR) is 221 cm³/mol. The van der Waals surface area contributed by atoms with E-state index in [1.165, 1.54) is 17.0 Å². The molecule has 1 N–H and O–H groups in total.